The Morgan fingerprint density at radius 2 is 1.59 bits per heavy atom. The van der Waals surface area contributed by atoms with Gasteiger partial charge >= 0.3 is 6.36 Å². The molecule has 1 amide bonds. The van der Waals surface area contributed by atoms with Gasteiger partial charge in [0.15, 0.2) is 17.3 Å². The van der Waals surface area contributed by atoms with Crippen LogP contribution >= 0.6 is 0 Å². The minimum atomic E-state index is -4.84. The molecule has 7 rings (SSSR count). The van der Waals surface area contributed by atoms with Crippen LogP contribution in [0.5, 0.6) is 17.2 Å². The van der Waals surface area contributed by atoms with Gasteiger partial charge in [-0.15, -0.1) is 13.2 Å². The molecule has 0 aromatic heterocycles. The van der Waals surface area contributed by atoms with Gasteiger partial charge < -0.3 is 29.3 Å². The summed E-state index contributed by atoms with van der Waals surface area (Å²) < 4.78 is 53.9. The van der Waals surface area contributed by atoms with Crippen molar-refractivity contribution in [3.63, 3.8) is 0 Å². The first kappa shape index (κ1) is 43.2. The van der Waals surface area contributed by atoms with Crippen LogP contribution < -0.4 is 14.2 Å². The van der Waals surface area contributed by atoms with Gasteiger partial charge in [0, 0.05) is 23.4 Å². The van der Waals surface area contributed by atoms with Gasteiger partial charge in [-0.25, -0.2) is 0 Å². The van der Waals surface area contributed by atoms with Gasteiger partial charge in [0.25, 0.3) is 0 Å². The zero-order valence-corrected chi connectivity index (χ0v) is 34.2. The number of benzene rings is 3. The minimum absolute atomic E-state index is 0.0267. The molecule has 11 heteroatoms. The molecule has 0 radical (unpaired) electrons. The summed E-state index contributed by atoms with van der Waals surface area (Å²) in [4.78, 5) is 30.6. The predicted octanol–water partition coefficient (Wildman–Crippen LogP) is 9.68. The maximum Gasteiger partial charge on any atom is 0.573 e. The van der Waals surface area contributed by atoms with Crippen molar-refractivity contribution in [2.75, 3.05) is 20.8 Å². The van der Waals surface area contributed by atoms with Crippen LogP contribution in [0.4, 0.5) is 13.2 Å². The molecule has 2 bridgehead atoms. The van der Waals surface area contributed by atoms with Crippen molar-refractivity contribution < 1.29 is 47.2 Å². The Morgan fingerprint density at radius 1 is 0.879 bits per heavy atom. The number of alkyl halides is 3. The molecule has 0 heterocycles. The number of aliphatic hydroxyl groups excluding tert-OH is 1. The van der Waals surface area contributed by atoms with Crippen LogP contribution in [-0.4, -0.2) is 65.6 Å². The SMILES string of the molecule is COc1ccc(CC(=O)N(Cc2ccc(OC(F)(F)F)cc2)CC2(O)CCC3c4ccc(cc4C(=O)C4CCCCC4)CC(O)CCC(C)=CCCC32C)cc1OC. The van der Waals surface area contributed by atoms with E-state index in [0.717, 1.165) is 55.2 Å². The fourth-order valence-electron chi connectivity index (χ4n) is 9.64. The molecule has 4 atom stereocenters. The Bertz CT molecular complexity index is 1940. The molecule has 4 aliphatic carbocycles. The quantitative estimate of drug-likeness (QED) is 0.147. The summed E-state index contributed by atoms with van der Waals surface area (Å²) in [7, 11) is 3.05. The second kappa shape index (κ2) is 18.3. The normalized spacial score (nSPS) is 24.3. The van der Waals surface area contributed by atoms with Crippen LogP contribution in [0.3, 0.4) is 0 Å². The summed E-state index contributed by atoms with van der Waals surface area (Å²) in [5.74, 6) is 0.184. The number of carbonyl (C=O) groups excluding carboxylic acids is 2. The number of fused-ring (bicyclic) bond motifs is 8. The highest BCUT2D eigenvalue weighted by Crippen LogP contribution is 2.59. The van der Waals surface area contributed by atoms with Crippen LogP contribution in [0.2, 0.25) is 0 Å². The summed E-state index contributed by atoms with van der Waals surface area (Å²) in [5, 5.41) is 24.2. The molecule has 0 spiro atoms. The van der Waals surface area contributed by atoms with Gasteiger partial charge in [0.1, 0.15) is 5.75 Å². The highest BCUT2D eigenvalue weighted by molar-refractivity contribution is 5.99. The lowest BCUT2D eigenvalue weighted by molar-refractivity contribution is -0.274. The van der Waals surface area contributed by atoms with E-state index >= 15 is 0 Å². The molecule has 2 N–H and O–H groups in total. The van der Waals surface area contributed by atoms with Crippen molar-refractivity contribution in [3.8, 4) is 17.2 Å². The molecule has 2 saturated carbocycles. The lowest BCUT2D eigenvalue weighted by Gasteiger charge is -2.46. The molecule has 4 unspecified atom stereocenters. The minimum Gasteiger partial charge on any atom is -0.493 e. The monoisotopic (exact) mass is 805 g/mol. The number of aliphatic hydroxyl groups is 2. The number of Topliss-reactive ketones (excluding diaryl/α,β-unsaturated/α-hetero) is 1. The van der Waals surface area contributed by atoms with Gasteiger partial charge in [-0.1, -0.05) is 68.2 Å². The molecule has 4 aliphatic rings. The smallest absolute Gasteiger partial charge is 0.493 e. The molecule has 8 nitrogen and oxygen atoms in total. The van der Waals surface area contributed by atoms with Gasteiger partial charge in [0.2, 0.25) is 5.91 Å². The maximum absolute atomic E-state index is 14.5. The van der Waals surface area contributed by atoms with E-state index in [4.69, 9.17) is 9.47 Å². The van der Waals surface area contributed by atoms with Crippen LogP contribution in [0.1, 0.15) is 123 Å². The van der Waals surface area contributed by atoms with Gasteiger partial charge in [-0.3, -0.25) is 9.59 Å². The Balaban J connectivity index is 1.39. The molecule has 0 aliphatic heterocycles. The Kier molecular flexibility index (Phi) is 13.6. The Hall–Kier alpha value is -4.35. The van der Waals surface area contributed by atoms with E-state index in [1.165, 1.54) is 38.5 Å². The van der Waals surface area contributed by atoms with Crippen molar-refractivity contribution in [2.24, 2.45) is 11.3 Å². The van der Waals surface area contributed by atoms with Crippen LogP contribution in [0, 0.1) is 11.3 Å². The van der Waals surface area contributed by atoms with Crippen molar-refractivity contribution in [2.45, 2.75) is 128 Å². The topological polar surface area (TPSA) is 106 Å². The standard InChI is InChI=1S/C47H58F3NO7/c1-31-9-8-23-45(2)40(38-20-15-33(25-36(52)17-12-31)26-39(38)44(54)35-10-6-5-7-11-35)22-24-46(45,55)30-51(29-32-13-18-37(19-14-32)58-47(48,49)50)43(53)28-34-16-21-41(56-3)42(27-34)57-4/h9,13-16,18-21,26-27,35-36,40,52,55H,5-8,10-12,17,22-25,28-30H2,1-4H3. The van der Waals surface area contributed by atoms with Crippen molar-refractivity contribution >= 4 is 11.7 Å². The zero-order chi connectivity index (χ0) is 41.7. The average Bonchev–Trinajstić information content (AvgIpc) is 3.45. The molecular weight excluding hydrogens is 748 g/mol. The highest BCUT2D eigenvalue weighted by atomic mass is 19.4. The van der Waals surface area contributed by atoms with Crippen molar-refractivity contribution in [3.05, 3.63) is 100 Å². The highest BCUT2D eigenvalue weighted by Gasteiger charge is 2.57. The number of amides is 1. The van der Waals surface area contributed by atoms with Gasteiger partial charge in [-0.2, -0.15) is 0 Å². The molecular formula is C47H58F3NO7. The third-order valence-electron chi connectivity index (χ3n) is 13.1. The summed E-state index contributed by atoms with van der Waals surface area (Å²) >= 11 is 0. The molecule has 314 valence electrons. The number of allylic oxidation sites excluding steroid dienone is 2. The molecule has 3 aromatic rings. The molecule has 3 aromatic carbocycles. The Morgan fingerprint density at radius 3 is 2.28 bits per heavy atom. The number of rotatable bonds is 11. The third-order valence-corrected chi connectivity index (χ3v) is 13.1. The van der Waals surface area contributed by atoms with Crippen molar-refractivity contribution in [1.29, 1.82) is 0 Å². The van der Waals surface area contributed by atoms with E-state index < -0.39 is 23.5 Å². The van der Waals surface area contributed by atoms with E-state index in [1.54, 1.807) is 23.1 Å². The number of methoxy groups -OCH3 is 2. The lowest BCUT2D eigenvalue weighted by Crippen LogP contribution is -2.53. The van der Waals surface area contributed by atoms with Crippen LogP contribution in [0.25, 0.3) is 0 Å². The van der Waals surface area contributed by atoms with Crippen LogP contribution in [-0.2, 0) is 24.2 Å². The van der Waals surface area contributed by atoms with E-state index in [2.05, 4.69) is 24.7 Å². The number of hydrogen-bond acceptors (Lipinski definition) is 7. The second-order valence-corrected chi connectivity index (χ2v) is 17.0. The fraction of sp³-hybridized carbons (Fsp3) is 0.532. The fourth-order valence-corrected chi connectivity index (χ4v) is 9.64. The number of carbonyl (C=O) groups is 2. The van der Waals surface area contributed by atoms with Crippen molar-refractivity contribution in [1.82, 2.24) is 4.90 Å². The molecule has 0 saturated heterocycles. The number of nitrogens with zero attached hydrogens (tertiary/aromatic N) is 1. The Labute approximate surface area is 340 Å². The number of ether oxygens (including phenoxy) is 3. The number of ketones is 1. The summed E-state index contributed by atoms with van der Waals surface area (Å²) in [6, 6.07) is 16.7. The number of hydrogen-bond donors (Lipinski definition) is 2. The maximum atomic E-state index is 14.5. The molecule has 2 fully saturated rings. The largest absolute Gasteiger partial charge is 0.573 e. The van der Waals surface area contributed by atoms with Gasteiger partial charge in [0.05, 0.1) is 38.9 Å². The first-order valence-corrected chi connectivity index (χ1v) is 20.7. The third kappa shape index (κ3) is 10.1. The second-order valence-electron chi connectivity index (χ2n) is 17.0. The zero-order valence-electron chi connectivity index (χ0n) is 34.2. The van der Waals surface area contributed by atoms with Crippen LogP contribution in [0.15, 0.2) is 72.3 Å². The summed E-state index contributed by atoms with van der Waals surface area (Å²) in [6.45, 7) is 4.15. The van der Waals surface area contributed by atoms with E-state index in [1.807, 2.05) is 18.2 Å². The van der Waals surface area contributed by atoms with E-state index in [0.29, 0.717) is 66.7 Å². The first-order valence-electron chi connectivity index (χ1n) is 20.7. The number of halogens is 3. The average molecular weight is 806 g/mol. The molecule has 58 heavy (non-hydrogen) atoms. The van der Waals surface area contributed by atoms with Gasteiger partial charge in [-0.05, 0) is 123 Å². The lowest BCUT2D eigenvalue weighted by atomic mass is 9.64. The summed E-state index contributed by atoms with van der Waals surface area (Å²) in [5.41, 5.74) is 2.72. The summed E-state index contributed by atoms with van der Waals surface area (Å²) in [6.07, 6.45) is 5.58. The predicted molar refractivity (Wildman–Crippen MR) is 216 cm³/mol. The van der Waals surface area contributed by atoms with E-state index in [9.17, 15) is 33.0 Å². The van der Waals surface area contributed by atoms with E-state index in [-0.39, 0.29) is 48.8 Å². The first-order chi connectivity index (χ1) is 27.6.